The highest BCUT2D eigenvalue weighted by molar-refractivity contribution is 8.32. The molecule has 0 saturated carbocycles. The lowest BCUT2D eigenvalue weighted by Crippen LogP contribution is -2.00. The van der Waals surface area contributed by atoms with E-state index in [1.165, 1.54) is 4.91 Å². The second-order valence-corrected chi connectivity index (χ2v) is 5.38. The highest BCUT2D eigenvalue weighted by Gasteiger charge is 2.31. The zero-order valence-electron chi connectivity index (χ0n) is 6.73. The van der Waals surface area contributed by atoms with Crippen molar-refractivity contribution < 1.29 is 9.90 Å². The Bertz CT molecular complexity index is 268. The minimum Gasteiger partial charge on any atom is -0.474 e. The second kappa shape index (κ2) is 2.98. The molecule has 3 heteroatoms. The average molecular weight is 184 g/mol. The van der Waals surface area contributed by atoms with Crippen molar-refractivity contribution in [3.63, 3.8) is 0 Å². The van der Waals surface area contributed by atoms with E-state index in [1.807, 2.05) is 12.2 Å². The van der Waals surface area contributed by atoms with Crippen LogP contribution in [-0.2, 0) is 0 Å². The van der Waals surface area contributed by atoms with Crippen LogP contribution >= 0.6 is 10.9 Å². The van der Waals surface area contributed by atoms with Gasteiger partial charge in [-0.25, -0.2) is 4.79 Å². The van der Waals surface area contributed by atoms with Crippen LogP contribution in [0, 0.1) is 5.92 Å². The van der Waals surface area contributed by atoms with E-state index in [-0.39, 0.29) is 0 Å². The highest BCUT2D eigenvalue weighted by atomic mass is 32.2. The monoisotopic (exact) mass is 184 g/mol. The van der Waals surface area contributed by atoms with Crippen molar-refractivity contribution in [2.45, 2.75) is 12.8 Å². The van der Waals surface area contributed by atoms with Crippen LogP contribution in [0.5, 0.6) is 0 Å². The van der Waals surface area contributed by atoms with Gasteiger partial charge in [-0.3, -0.25) is 0 Å². The van der Waals surface area contributed by atoms with Gasteiger partial charge in [0.2, 0.25) is 0 Å². The standard InChI is InChI=1S/C9H12O2S/c10-9(11)12-6-5-7-3-1-2-4-8(7)12/h1-2,4,7,12H,3,5-6H2,(H,10,11). The number of thiol groups is 1. The molecule has 66 valence electrons. The SMILES string of the molecule is O=C(O)[SH]1CCC2CC=CC=C21. The molecule has 2 rings (SSSR count). The van der Waals surface area contributed by atoms with Gasteiger partial charge in [-0.05, 0) is 29.4 Å². The number of hydrogen-bond acceptors (Lipinski definition) is 1. The first-order valence-corrected chi connectivity index (χ1v) is 5.69. The number of hydrogen-bond donors (Lipinski definition) is 2. The summed E-state index contributed by atoms with van der Waals surface area (Å²) < 4.78 is 0. The van der Waals surface area contributed by atoms with Gasteiger partial charge in [-0.15, -0.1) is 10.9 Å². The van der Waals surface area contributed by atoms with Crippen molar-refractivity contribution in [1.29, 1.82) is 0 Å². The zero-order valence-corrected chi connectivity index (χ0v) is 7.63. The molecule has 0 bridgehead atoms. The van der Waals surface area contributed by atoms with E-state index in [9.17, 15) is 4.79 Å². The fraction of sp³-hybridized carbons (Fsp3) is 0.444. The maximum Gasteiger partial charge on any atom is 0.348 e. The van der Waals surface area contributed by atoms with Crippen molar-refractivity contribution in [2.75, 3.05) is 5.75 Å². The molecule has 2 aliphatic rings. The maximum atomic E-state index is 10.8. The minimum atomic E-state index is -0.835. The molecule has 1 fully saturated rings. The van der Waals surface area contributed by atoms with Crippen molar-refractivity contribution in [2.24, 2.45) is 5.92 Å². The van der Waals surface area contributed by atoms with Crippen LogP contribution in [0.25, 0.3) is 0 Å². The first kappa shape index (κ1) is 7.92. The Morgan fingerprint density at radius 3 is 3.25 bits per heavy atom. The third-order valence-corrected chi connectivity index (χ3v) is 4.79. The summed E-state index contributed by atoms with van der Waals surface area (Å²) in [7, 11) is -0.835. The smallest absolute Gasteiger partial charge is 0.348 e. The molecule has 0 aromatic carbocycles. The van der Waals surface area contributed by atoms with Crippen molar-refractivity contribution >= 4 is 16.2 Å². The van der Waals surface area contributed by atoms with Crippen molar-refractivity contribution in [1.82, 2.24) is 0 Å². The van der Waals surface area contributed by atoms with Gasteiger partial charge < -0.3 is 5.11 Å². The van der Waals surface area contributed by atoms with Crippen LogP contribution in [-0.4, -0.2) is 16.2 Å². The summed E-state index contributed by atoms with van der Waals surface area (Å²) in [4.78, 5) is 12.0. The Hall–Kier alpha value is -0.700. The summed E-state index contributed by atoms with van der Waals surface area (Å²) in [6, 6.07) is 0. The Morgan fingerprint density at radius 1 is 1.67 bits per heavy atom. The second-order valence-electron chi connectivity index (χ2n) is 3.18. The van der Waals surface area contributed by atoms with E-state index in [0.29, 0.717) is 5.92 Å². The van der Waals surface area contributed by atoms with Gasteiger partial charge in [-0.2, -0.15) is 0 Å². The Morgan fingerprint density at radius 2 is 2.50 bits per heavy atom. The quantitative estimate of drug-likeness (QED) is 0.568. The summed E-state index contributed by atoms with van der Waals surface area (Å²) in [5.41, 5.74) is 0. The topological polar surface area (TPSA) is 37.3 Å². The third kappa shape index (κ3) is 1.18. The summed E-state index contributed by atoms with van der Waals surface area (Å²) >= 11 is 0. The lowest BCUT2D eigenvalue weighted by Gasteiger charge is -2.16. The summed E-state index contributed by atoms with van der Waals surface area (Å²) in [5, 5.41) is 8.33. The Labute approximate surface area is 74.3 Å². The fourth-order valence-corrected chi connectivity index (χ4v) is 4.04. The lowest BCUT2D eigenvalue weighted by atomic mass is 9.98. The van der Waals surface area contributed by atoms with Crippen LogP contribution in [0.2, 0.25) is 0 Å². The van der Waals surface area contributed by atoms with E-state index >= 15 is 0 Å². The van der Waals surface area contributed by atoms with Crippen molar-refractivity contribution in [3.05, 3.63) is 23.1 Å². The average Bonchev–Trinajstić information content (AvgIpc) is 2.47. The largest absolute Gasteiger partial charge is 0.474 e. The van der Waals surface area contributed by atoms with Crippen molar-refractivity contribution in [3.8, 4) is 0 Å². The summed E-state index contributed by atoms with van der Waals surface area (Å²) in [6.07, 6.45) is 8.28. The molecule has 2 nitrogen and oxygen atoms in total. The molecule has 1 saturated heterocycles. The highest BCUT2D eigenvalue weighted by Crippen LogP contribution is 2.51. The molecule has 0 amide bonds. The van der Waals surface area contributed by atoms with Gasteiger partial charge >= 0.3 is 5.30 Å². The Kier molecular flexibility index (Phi) is 1.97. The van der Waals surface area contributed by atoms with Crippen LogP contribution in [0.1, 0.15) is 12.8 Å². The normalized spacial score (nSPS) is 35.8. The first-order chi connectivity index (χ1) is 5.79. The molecule has 0 spiro atoms. The summed E-state index contributed by atoms with van der Waals surface area (Å²) in [5.74, 6) is 1.44. The zero-order chi connectivity index (χ0) is 8.55. The number of fused-ring (bicyclic) bond motifs is 1. The molecule has 0 radical (unpaired) electrons. The van der Waals surface area contributed by atoms with Gasteiger partial charge in [0.15, 0.2) is 0 Å². The molecule has 2 unspecified atom stereocenters. The summed E-state index contributed by atoms with van der Waals surface area (Å²) in [6.45, 7) is 0. The van der Waals surface area contributed by atoms with Gasteiger partial charge in [0, 0.05) is 0 Å². The van der Waals surface area contributed by atoms with E-state index in [2.05, 4.69) is 6.08 Å². The van der Waals surface area contributed by atoms with E-state index in [0.717, 1.165) is 18.6 Å². The molecule has 12 heavy (non-hydrogen) atoms. The van der Waals surface area contributed by atoms with Crippen LogP contribution in [0.15, 0.2) is 23.1 Å². The predicted molar refractivity (Wildman–Crippen MR) is 51.8 cm³/mol. The number of rotatable bonds is 0. The van der Waals surface area contributed by atoms with Gasteiger partial charge in [0.1, 0.15) is 0 Å². The van der Waals surface area contributed by atoms with Crippen LogP contribution in [0.4, 0.5) is 4.79 Å². The number of carboxylic acid groups (broad SMARTS) is 1. The molecule has 2 atom stereocenters. The van der Waals surface area contributed by atoms with E-state index < -0.39 is 16.2 Å². The molecule has 1 aliphatic heterocycles. The van der Waals surface area contributed by atoms with Crippen LogP contribution < -0.4 is 0 Å². The molecule has 1 aliphatic carbocycles. The van der Waals surface area contributed by atoms with Gasteiger partial charge in [0.05, 0.1) is 0 Å². The molecule has 0 aromatic heterocycles. The predicted octanol–water partition coefficient (Wildman–Crippen LogP) is 2.53. The lowest BCUT2D eigenvalue weighted by molar-refractivity contribution is 0.222. The van der Waals surface area contributed by atoms with Crippen LogP contribution in [0.3, 0.4) is 0 Å². The Balaban J connectivity index is 2.25. The fourth-order valence-electron chi connectivity index (χ4n) is 1.86. The first-order valence-electron chi connectivity index (χ1n) is 4.16. The molecule has 1 N–H and O–H groups in total. The molecular weight excluding hydrogens is 172 g/mol. The maximum absolute atomic E-state index is 10.8. The molecular formula is C9H12O2S. The minimum absolute atomic E-state index is 0.553. The third-order valence-electron chi connectivity index (χ3n) is 2.49. The van der Waals surface area contributed by atoms with Gasteiger partial charge in [-0.1, -0.05) is 18.2 Å². The van der Waals surface area contributed by atoms with Gasteiger partial charge in [0.25, 0.3) is 0 Å². The molecule has 1 heterocycles. The number of allylic oxidation sites excluding steroid dienone is 4. The van der Waals surface area contributed by atoms with E-state index in [1.54, 1.807) is 0 Å². The molecule has 0 aromatic rings. The van der Waals surface area contributed by atoms with E-state index in [4.69, 9.17) is 5.11 Å². The number of carbonyl (C=O) groups is 1.